The summed E-state index contributed by atoms with van der Waals surface area (Å²) in [6.07, 6.45) is 4.68. The average molecular weight is 288 g/mol. The fraction of sp³-hybridized carbons (Fsp3) is 0.571. The van der Waals surface area contributed by atoms with Crippen molar-refractivity contribution >= 4 is 23.2 Å². The Kier molecular flexibility index (Phi) is 4.91. The second-order valence-electron chi connectivity index (χ2n) is 5.20. The molecule has 1 saturated carbocycles. The van der Waals surface area contributed by atoms with Crippen LogP contribution >= 0.6 is 23.2 Å². The molecule has 4 heteroatoms. The predicted octanol–water partition coefficient (Wildman–Crippen LogP) is 3.64. The molecule has 0 bridgehead atoms. The van der Waals surface area contributed by atoms with Gasteiger partial charge in [0, 0.05) is 35.2 Å². The van der Waals surface area contributed by atoms with E-state index in [9.17, 15) is 5.11 Å². The summed E-state index contributed by atoms with van der Waals surface area (Å²) in [6, 6.07) is 5.55. The fourth-order valence-corrected chi connectivity index (χ4v) is 3.12. The summed E-state index contributed by atoms with van der Waals surface area (Å²) in [7, 11) is 0. The maximum absolute atomic E-state index is 9.52. The zero-order valence-electron chi connectivity index (χ0n) is 10.4. The SMILES string of the molecule is OCC1(CNCc2ccc(Cl)cc2Cl)CCCC1. The summed E-state index contributed by atoms with van der Waals surface area (Å²) >= 11 is 12.0. The van der Waals surface area contributed by atoms with E-state index in [-0.39, 0.29) is 12.0 Å². The molecule has 0 spiro atoms. The van der Waals surface area contributed by atoms with Crippen LogP contribution in [0.2, 0.25) is 10.0 Å². The standard InChI is InChI=1S/C14H19Cl2NO/c15-12-4-3-11(13(16)7-12)8-17-9-14(10-18)5-1-2-6-14/h3-4,7,17-18H,1-2,5-6,8-10H2. The first-order valence-corrected chi connectivity index (χ1v) is 7.16. The Balaban J connectivity index is 1.88. The highest BCUT2D eigenvalue weighted by Gasteiger charge is 2.32. The van der Waals surface area contributed by atoms with Gasteiger partial charge in [-0.3, -0.25) is 0 Å². The van der Waals surface area contributed by atoms with Crippen molar-refractivity contribution in [3.8, 4) is 0 Å². The van der Waals surface area contributed by atoms with Crippen molar-refractivity contribution in [1.29, 1.82) is 0 Å². The molecule has 0 aromatic heterocycles. The quantitative estimate of drug-likeness (QED) is 0.867. The van der Waals surface area contributed by atoms with Crippen LogP contribution in [0.1, 0.15) is 31.2 Å². The molecule has 2 nitrogen and oxygen atoms in total. The number of nitrogens with one attached hydrogen (secondary N) is 1. The van der Waals surface area contributed by atoms with Crippen LogP contribution in [0.25, 0.3) is 0 Å². The van der Waals surface area contributed by atoms with E-state index >= 15 is 0 Å². The maximum atomic E-state index is 9.52. The molecule has 0 radical (unpaired) electrons. The maximum Gasteiger partial charge on any atom is 0.0499 e. The first-order valence-electron chi connectivity index (χ1n) is 6.41. The van der Waals surface area contributed by atoms with E-state index in [4.69, 9.17) is 23.2 Å². The lowest BCUT2D eigenvalue weighted by atomic mass is 9.87. The molecular weight excluding hydrogens is 269 g/mol. The molecule has 100 valence electrons. The Hall–Kier alpha value is -0.280. The third-order valence-electron chi connectivity index (χ3n) is 3.83. The normalized spacial score (nSPS) is 18.2. The minimum absolute atomic E-state index is 0.0822. The largest absolute Gasteiger partial charge is 0.396 e. The van der Waals surface area contributed by atoms with Gasteiger partial charge in [-0.05, 0) is 30.5 Å². The monoisotopic (exact) mass is 287 g/mol. The lowest BCUT2D eigenvalue weighted by Crippen LogP contribution is -2.34. The smallest absolute Gasteiger partial charge is 0.0499 e. The van der Waals surface area contributed by atoms with E-state index in [1.807, 2.05) is 12.1 Å². The van der Waals surface area contributed by atoms with E-state index in [0.29, 0.717) is 10.0 Å². The lowest BCUT2D eigenvalue weighted by molar-refractivity contribution is 0.128. The molecule has 0 atom stereocenters. The molecule has 0 unspecified atom stereocenters. The minimum Gasteiger partial charge on any atom is -0.396 e. The van der Waals surface area contributed by atoms with Gasteiger partial charge in [-0.2, -0.15) is 0 Å². The molecule has 0 amide bonds. The van der Waals surface area contributed by atoms with Crippen LogP contribution in [0.4, 0.5) is 0 Å². The van der Waals surface area contributed by atoms with E-state index in [0.717, 1.165) is 31.5 Å². The Bertz CT molecular complexity index is 403. The summed E-state index contributed by atoms with van der Waals surface area (Å²) < 4.78 is 0. The number of hydrogen-bond acceptors (Lipinski definition) is 2. The summed E-state index contributed by atoms with van der Waals surface area (Å²) in [5, 5.41) is 14.3. The number of benzene rings is 1. The van der Waals surface area contributed by atoms with Gasteiger partial charge < -0.3 is 10.4 Å². The second-order valence-corrected chi connectivity index (χ2v) is 6.05. The molecular formula is C14H19Cl2NO. The molecule has 0 saturated heterocycles. The van der Waals surface area contributed by atoms with Crippen molar-refractivity contribution in [2.24, 2.45) is 5.41 Å². The molecule has 0 heterocycles. The molecule has 18 heavy (non-hydrogen) atoms. The second kappa shape index (κ2) is 6.25. The minimum atomic E-state index is 0.0822. The Morgan fingerprint density at radius 3 is 2.56 bits per heavy atom. The molecule has 2 N–H and O–H groups in total. The number of halogens is 2. The summed E-state index contributed by atoms with van der Waals surface area (Å²) in [5.74, 6) is 0. The number of hydrogen-bond donors (Lipinski definition) is 2. The molecule has 1 aliphatic rings. The molecule has 1 aromatic rings. The molecule has 1 aliphatic carbocycles. The van der Waals surface area contributed by atoms with Crippen LogP contribution in [0.3, 0.4) is 0 Å². The highest BCUT2D eigenvalue weighted by Crippen LogP contribution is 2.37. The molecule has 1 fully saturated rings. The average Bonchev–Trinajstić information content (AvgIpc) is 2.81. The third kappa shape index (κ3) is 3.39. The fourth-order valence-electron chi connectivity index (χ4n) is 2.64. The first-order chi connectivity index (χ1) is 8.65. The highest BCUT2D eigenvalue weighted by molar-refractivity contribution is 6.35. The van der Waals surface area contributed by atoms with Gasteiger partial charge in [0.25, 0.3) is 0 Å². The zero-order chi connectivity index (χ0) is 13.0. The van der Waals surface area contributed by atoms with Crippen LogP contribution in [-0.2, 0) is 6.54 Å². The highest BCUT2D eigenvalue weighted by atomic mass is 35.5. The van der Waals surface area contributed by atoms with Gasteiger partial charge in [-0.25, -0.2) is 0 Å². The van der Waals surface area contributed by atoms with E-state index in [1.165, 1.54) is 12.8 Å². The van der Waals surface area contributed by atoms with Crippen molar-refractivity contribution in [2.75, 3.05) is 13.2 Å². The van der Waals surface area contributed by atoms with Gasteiger partial charge >= 0.3 is 0 Å². The lowest BCUT2D eigenvalue weighted by Gasteiger charge is -2.26. The number of rotatable bonds is 5. The van der Waals surface area contributed by atoms with Crippen molar-refractivity contribution in [1.82, 2.24) is 5.32 Å². The van der Waals surface area contributed by atoms with Crippen molar-refractivity contribution in [3.05, 3.63) is 33.8 Å². The van der Waals surface area contributed by atoms with Crippen molar-refractivity contribution < 1.29 is 5.11 Å². The molecule has 2 rings (SSSR count). The Morgan fingerprint density at radius 2 is 1.94 bits per heavy atom. The zero-order valence-corrected chi connectivity index (χ0v) is 11.9. The van der Waals surface area contributed by atoms with E-state index in [2.05, 4.69) is 5.32 Å². The summed E-state index contributed by atoms with van der Waals surface area (Å²) in [5.41, 5.74) is 1.13. The van der Waals surface area contributed by atoms with Gasteiger partial charge in [0.05, 0.1) is 0 Å². The van der Waals surface area contributed by atoms with Gasteiger partial charge in [-0.15, -0.1) is 0 Å². The Labute approximate surface area is 118 Å². The van der Waals surface area contributed by atoms with Gasteiger partial charge in [-0.1, -0.05) is 42.1 Å². The molecule has 0 aliphatic heterocycles. The van der Waals surface area contributed by atoms with Crippen molar-refractivity contribution in [3.63, 3.8) is 0 Å². The van der Waals surface area contributed by atoms with Crippen LogP contribution < -0.4 is 5.32 Å². The number of aliphatic hydroxyl groups is 1. The van der Waals surface area contributed by atoms with E-state index < -0.39 is 0 Å². The molecule has 1 aromatic carbocycles. The van der Waals surface area contributed by atoms with Gasteiger partial charge in [0.2, 0.25) is 0 Å². The van der Waals surface area contributed by atoms with Gasteiger partial charge in [0.15, 0.2) is 0 Å². The van der Waals surface area contributed by atoms with Crippen LogP contribution in [0, 0.1) is 5.41 Å². The Morgan fingerprint density at radius 1 is 1.22 bits per heavy atom. The summed E-state index contributed by atoms with van der Waals surface area (Å²) in [4.78, 5) is 0. The number of aliphatic hydroxyl groups excluding tert-OH is 1. The van der Waals surface area contributed by atoms with Crippen LogP contribution in [0.5, 0.6) is 0 Å². The van der Waals surface area contributed by atoms with Crippen LogP contribution in [-0.4, -0.2) is 18.3 Å². The van der Waals surface area contributed by atoms with Crippen LogP contribution in [0.15, 0.2) is 18.2 Å². The van der Waals surface area contributed by atoms with Gasteiger partial charge in [0.1, 0.15) is 0 Å². The van der Waals surface area contributed by atoms with Crippen molar-refractivity contribution in [2.45, 2.75) is 32.2 Å². The predicted molar refractivity (Wildman–Crippen MR) is 76.2 cm³/mol. The first kappa shape index (κ1) is 14.1. The van der Waals surface area contributed by atoms with E-state index in [1.54, 1.807) is 6.07 Å². The topological polar surface area (TPSA) is 32.3 Å². The summed E-state index contributed by atoms with van der Waals surface area (Å²) in [6.45, 7) is 1.84. The third-order valence-corrected chi connectivity index (χ3v) is 4.42.